The number of methoxy groups -OCH3 is 1. The highest BCUT2D eigenvalue weighted by Crippen LogP contribution is 2.27. The van der Waals surface area contributed by atoms with E-state index in [0.717, 1.165) is 11.3 Å². The van der Waals surface area contributed by atoms with Crippen molar-refractivity contribution in [2.75, 3.05) is 13.7 Å². The molecule has 9 nitrogen and oxygen atoms in total. The molecule has 168 valence electrons. The predicted octanol–water partition coefficient (Wildman–Crippen LogP) is 3.75. The quantitative estimate of drug-likeness (QED) is 0.306. The maximum absolute atomic E-state index is 12.7. The Morgan fingerprint density at radius 1 is 1.16 bits per heavy atom. The lowest BCUT2D eigenvalue weighted by Gasteiger charge is -2.08. The van der Waals surface area contributed by atoms with Gasteiger partial charge < -0.3 is 19.0 Å². The van der Waals surface area contributed by atoms with Crippen LogP contribution in [0.5, 0.6) is 0 Å². The van der Waals surface area contributed by atoms with Gasteiger partial charge in [-0.2, -0.15) is 0 Å². The number of rotatable bonds is 8. The highest BCUT2D eigenvalue weighted by molar-refractivity contribution is 7.98. The van der Waals surface area contributed by atoms with Crippen molar-refractivity contribution in [3.8, 4) is 0 Å². The minimum absolute atomic E-state index is 0.204. The zero-order valence-electron chi connectivity index (χ0n) is 18.4. The van der Waals surface area contributed by atoms with E-state index in [9.17, 15) is 14.4 Å². The molecule has 0 aliphatic rings. The first-order valence-electron chi connectivity index (χ1n) is 9.71. The Hall–Kier alpha value is -3.40. The number of thioether (sulfide) groups is 1. The van der Waals surface area contributed by atoms with E-state index in [2.05, 4.69) is 15.1 Å². The van der Waals surface area contributed by atoms with Crippen LogP contribution in [-0.4, -0.2) is 46.6 Å². The second-order valence-electron chi connectivity index (χ2n) is 7.06. The minimum atomic E-state index is -0.665. The number of esters is 2. The lowest BCUT2D eigenvalue weighted by atomic mass is 10.1. The van der Waals surface area contributed by atoms with Crippen LogP contribution >= 0.6 is 11.8 Å². The fourth-order valence-electron chi connectivity index (χ4n) is 3.23. The molecule has 32 heavy (non-hydrogen) atoms. The highest BCUT2D eigenvalue weighted by Gasteiger charge is 2.24. The molecule has 1 N–H and O–H groups in total. The van der Waals surface area contributed by atoms with E-state index in [1.807, 2.05) is 13.8 Å². The van der Waals surface area contributed by atoms with Crippen LogP contribution in [0.4, 0.5) is 0 Å². The molecule has 10 heteroatoms. The normalized spacial score (nSPS) is 10.8. The van der Waals surface area contributed by atoms with Crippen molar-refractivity contribution in [3.05, 3.63) is 63.4 Å². The number of ether oxygens (including phenoxy) is 2. The summed E-state index contributed by atoms with van der Waals surface area (Å²) in [6, 6.07) is 3.22. The van der Waals surface area contributed by atoms with Crippen molar-refractivity contribution in [1.29, 1.82) is 0 Å². The molecule has 0 saturated carbocycles. The van der Waals surface area contributed by atoms with Gasteiger partial charge >= 0.3 is 11.9 Å². The van der Waals surface area contributed by atoms with Gasteiger partial charge in [0.2, 0.25) is 5.78 Å². The summed E-state index contributed by atoms with van der Waals surface area (Å²) in [5, 5.41) is 4.40. The van der Waals surface area contributed by atoms with Gasteiger partial charge in [-0.3, -0.25) is 4.79 Å². The summed E-state index contributed by atoms with van der Waals surface area (Å²) >= 11 is 1.35. The number of aromatic nitrogens is 3. The number of carbonyl (C=O) groups is 3. The average molecular weight is 458 g/mol. The van der Waals surface area contributed by atoms with E-state index in [4.69, 9.17) is 14.0 Å². The van der Waals surface area contributed by atoms with Gasteiger partial charge in [-0.1, -0.05) is 5.16 Å². The van der Waals surface area contributed by atoms with E-state index >= 15 is 0 Å². The lowest BCUT2D eigenvalue weighted by molar-refractivity contribution is 0.0468. The molecular weight excluding hydrogens is 434 g/mol. The number of nitrogens with one attached hydrogen (secondary N) is 1. The highest BCUT2D eigenvalue weighted by atomic mass is 32.2. The van der Waals surface area contributed by atoms with Crippen LogP contribution in [0, 0.1) is 27.7 Å². The zero-order valence-corrected chi connectivity index (χ0v) is 19.2. The second-order valence-corrected chi connectivity index (χ2v) is 8.03. The van der Waals surface area contributed by atoms with Crippen LogP contribution in [-0.2, 0) is 15.2 Å². The Balaban J connectivity index is 1.69. The number of aromatic amines is 1. The van der Waals surface area contributed by atoms with Crippen LogP contribution in [0.2, 0.25) is 0 Å². The van der Waals surface area contributed by atoms with Gasteiger partial charge in [0.25, 0.3) is 0 Å². The van der Waals surface area contributed by atoms with E-state index in [1.165, 1.54) is 18.9 Å². The number of ketones is 1. The third kappa shape index (κ3) is 4.75. The van der Waals surface area contributed by atoms with E-state index in [-0.39, 0.29) is 11.3 Å². The molecule has 0 amide bonds. The average Bonchev–Trinajstić information content (AvgIpc) is 3.27. The Kier molecular flexibility index (Phi) is 7.14. The van der Waals surface area contributed by atoms with Crippen LogP contribution in [0.15, 0.2) is 27.9 Å². The number of hydrogen-bond acceptors (Lipinski definition) is 9. The van der Waals surface area contributed by atoms with Gasteiger partial charge in [0.1, 0.15) is 10.8 Å². The van der Waals surface area contributed by atoms with Crippen LogP contribution in [0.25, 0.3) is 0 Å². The molecule has 0 aliphatic carbocycles. The predicted molar refractivity (Wildman–Crippen MR) is 116 cm³/mol. The molecule has 3 aromatic heterocycles. The molecule has 0 fully saturated rings. The lowest BCUT2D eigenvalue weighted by Crippen LogP contribution is -2.16. The number of H-pyrrole nitrogens is 1. The molecule has 0 radical (unpaired) electrons. The maximum Gasteiger partial charge on any atom is 0.341 e. The largest absolute Gasteiger partial charge is 0.465 e. The Morgan fingerprint density at radius 2 is 1.91 bits per heavy atom. The van der Waals surface area contributed by atoms with Crippen molar-refractivity contribution in [1.82, 2.24) is 15.1 Å². The smallest absolute Gasteiger partial charge is 0.341 e. The molecular formula is C22H23N3O6S. The standard InChI is InChI=1S/C22H23N3O6S/c1-11-18(22(28)29-5)13(3)24-19(11)17(26)9-30-21(27)15-7-6-8-23-20(15)32-10-16-12(2)25-31-14(16)4/h6-8,24H,9-10H2,1-5H3. The number of aryl methyl sites for hydroxylation is 3. The number of nitrogens with zero attached hydrogens (tertiary/aromatic N) is 2. The molecule has 3 heterocycles. The third-order valence-corrected chi connectivity index (χ3v) is 6.00. The maximum atomic E-state index is 12.7. The molecule has 0 atom stereocenters. The summed E-state index contributed by atoms with van der Waals surface area (Å²) in [5.74, 6) is -0.426. The monoisotopic (exact) mass is 457 g/mol. The molecule has 3 rings (SSSR count). The number of hydrogen-bond donors (Lipinski definition) is 1. The molecule has 0 aliphatic heterocycles. The van der Waals surface area contributed by atoms with Gasteiger partial charge in [0.15, 0.2) is 6.61 Å². The Labute approximate surface area is 188 Å². The van der Waals surface area contributed by atoms with E-state index in [0.29, 0.717) is 33.4 Å². The Bertz CT molecular complexity index is 1160. The molecule has 0 spiro atoms. The Morgan fingerprint density at radius 3 is 2.56 bits per heavy atom. The van der Waals surface area contributed by atoms with Crippen molar-refractivity contribution in [3.63, 3.8) is 0 Å². The molecule has 3 aromatic rings. The van der Waals surface area contributed by atoms with Crippen molar-refractivity contribution >= 4 is 29.5 Å². The zero-order chi connectivity index (χ0) is 23.4. The van der Waals surface area contributed by atoms with Gasteiger partial charge in [0, 0.05) is 23.2 Å². The summed E-state index contributed by atoms with van der Waals surface area (Å²) in [6.45, 7) is 6.49. The third-order valence-electron chi connectivity index (χ3n) is 4.97. The minimum Gasteiger partial charge on any atom is -0.465 e. The summed E-state index contributed by atoms with van der Waals surface area (Å²) in [7, 11) is 1.27. The van der Waals surface area contributed by atoms with Gasteiger partial charge in [0.05, 0.1) is 29.6 Å². The van der Waals surface area contributed by atoms with Crippen molar-refractivity contribution < 1.29 is 28.4 Å². The van der Waals surface area contributed by atoms with Crippen molar-refractivity contribution in [2.24, 2.45) is 0 Å². The fraction of sp³-hybridized carbons (Fsp3) is 0.318. The van der Waals surface area contributed by atoms with Crippen molar-refractivity contribution in [2.45, 2.75) is 38.5 Å². The first-order valence-corrected chi connectivity index (χ1v) is 10.7. The van der Waals surface area contributed by atoms with Crippen LogP contribution in [0.3, 0.4) is 0 Å². The van der Waals surface area contributed by atoms with Gasteiger partial charge in [-0.25, -0.2) is 14.6 Å². The number of Topliss-reactive ketones (excluding diaryl/α,β-unsaturated/α-hetero) is 1. The molecule has 0 bridgehead atoms. The first kappa shape index (κ1) is 23.3. The van der Waals surface area contributed by atoms with Crippen LogP contribution < -0.4 is 0 Å². The first-order chi connectivity index (χ1) is 15.2. The summed E-state index contributed by atoms with van der Waals surface area (Å²) in [4.78, 5) is 44.3. The summed E-state index contributed by atoms with van der Waals surface area (Å²) < 4.78 is 15.2. The van der Waals surface area contributed by atoms with Crippen LogP contribution in [0.1, 0.15) is 59.5 Å². The fourth-order valence-corrected chi connectivity index (χ4v) is 4.36. The molecule has 0 saturated heterocycles. The number of carbonyl (C=O) groups excluding carboxylic acids is 3. The SMILES string of the molecule is COC(=O)c1c(C)[nH]c(C(=O)COC(=O)c2cccnc2SCc2c(C)noc2C)c1C. The van der Waals surface area contributed by atoms with E-state index < -0.39 is 24.3 Å². The van der Waals surface area contributed by atoms with E-state index in [1.54, 1.807) is 32.2 Å². The number of pyridine rings is 1. The molecule has 0 aromatic carbocycles. The summed E-state index contributed by atoms with van der Waals surface area (Å²) in [6.07, 6.45) is 1.58. The second kappa shape index (κ2) is 9.82. The molecule has 0 unspecified atom stereocenters. The summed E-state index contributed by atoms with van der Waals surface area (Å²) in [5.41, 5.74) is 3.44. The topological polar surface area (TPSA) is 124 Å². The van der Waals surface area contributed by atoms with Gasteiger partial charge in [-0.05, 0) is 45.4 Å². The van der Waals surface area contributed by atoms with Gasteiger partial charge in [-0.15, -0.1) is 11.8 Å².